The second kappa shape index (κ2) is 9.57. The van der Waals surface area contributed by atoms with Gasteiger partial charge >= 0.3 is 0 Å². The van der Waals surface area contributed by atoms with Crippen molar-refractivity contribution >= 4 is 29.9 Å². The summed E-state index contributed by atoms with van der Waals surface area (Å²) in [5, 5.41) is 15.3. The van der Waals surface area contributed by atoms with E-state index in [0.29, 0.717) is 60.2 Å². The molecule has 1 aromatic carbocycles. The maximum absolute atomic E-state index is 14.1. The van der Waals surface area contributed by atoms with E-state index in [1.165, 1.54) is 24.4 Å². The zero-order valence-electron chi connectivity index (χ0n) is 17.3. The first-order valence-corrected chi connectivity index (χ1v) is 9.82. The van der Waals surface area contributed by atoms with E-state index in [-0.39, 0.29) is 6.04 Å². The van der Waals surface area contributed by atoms with Crippen LogP contribution in [0.2, 0.25) is 0 Å². The number of nitrogens with zero attached hydrogens (tertiary/aromatic N) is 4. The highest BCUT2D eigenvalue weighted by molar-refractivity contribution is 6.09. The van der Waals surface area contributed by atoms with E-state index in [1.54, 1.807) is 0 Å². The van der Waals surface area contributed by atoms with Crippen LogP contribution in [0, 0.1) is 22.5 Å². The van der Waals surface area contributed by atoms with E-state index in [2.05, 4.69) is 26.3 Å². The second-order valence-electron chi connectivity index (χ2n) is 7.29. The van der Waals surface area contributed by atoms with E-state index in [4.69, 9.17) is 16.6 Å². The molecule has 0 radical (unpaired) electrons. The maximum Gasteiger partial charge on any atom is 0.156 e. The van der Waals surface area contributed by atoms with Gasteiger partial charge in [-0.3, -0.25) is 4.90 Å². The van der Waals surface area contributed by atoms with Crippen molar-refractivity contribution < 1.29 is 8.78 Å². The lowest BCUT2D eigenvalue weighted by molar-refractivity contribution is 0.217. The molecule has 1 fully saturated rings. The van der Waals surface area contributed by atoms with E-state index >= 15 is 0 Å². The van der Waals surface area contributed by atoms with Crippen LogP contribution < -0.4 is 10.6 Å². The Morgan fingerprint density at radius 3 is 2.61 bits per heavy atom. The number of halogens is 2. The molecule has 1 saturated heterocycles. The first-order chi connectivity index (χ1) is 14.9. The van der Waals surface area contributed by atoms with Crippen molar-refractivity contribution in [2.45, 2.75) is 19.5 Å². The molecule has 9 heteroatoms. The molecule has 0 spiro atoms. The molecular weight excluding hydrogens is 400 g/mol. The molecule has 7 nitrogen and oxygen atoms in total. The minimum atomic E-state index is -0.591. The SMILES string of the molecule is C=Cc1nc(N2CCN(Cc3ccc(F)cc3F)CC2C)c(/C(C=N)=C/N)nc1C=N. The van der Waals surface area contributed by atoms with Gasteiger partial charge in [-0.25, -0.2) is 18.7 Å². The summed E-state index contributed by atoms with van der Waals surface area (Å²) in [7, 11) is 0. The average Bonchev–Trinajstić information content (AvgIpc) is 2.76. The number of aromatic nitrogens is 2. The Labute approximate surface area is 179 Å². The van der Waals surface area contributed by atoms with Crippen LogP contribution in [0.15, 0.2) is 31.0 Å². The maximum atomic E-state index is 14.1. The summed E-state index contributed by atoms with van der Waals surface area (Å²) >= 11 is 0. The Morgan fingerprint density at radius 2 is 2.03 bits per heavy atom. The molecule has 0 bridgehead atoms. The largest absolute Gasteiger partial charge is 0.404 e. The summed E-state index contributed by atoms with van der Waals surface area (Å²) in [6.07, 6.45) is 5.02. The number of piperazine rings is 1. The minimum Gasteiger partial charge on any atom is -0.404 e. The van der Waals surface area contributed by atoms with Crippen LogP contribution in [0.1, 0.15) is 29.6 Å². The molecule has 2 heterocycles. The molecule has 1 aliphatic heterocycles. The van der Waals surface area contributed by atoms with Crippen molar-refractivity contribution in [1.29, 1.82) is 10.8 Å². The highest BCUT2D eigenvalue weighted by atomic mass is 19.1. The number of benzene rings is 1. The zero-order chi connectivity index (χ0) is 22.5. The Morgan fingerprint density at radius 1 is 1.26 bits per heavy atom. The third-order valence-corrected chi connectivity index (χ3v) is 5.26. The van der Waals surface area contributed by atoms with Gasteiger partial charge in [-0.05, 0) is 19.1 Å². The fourth-order valence-electron chi connectivity index (χ4n) is 3.68. The molecule has 1 unspecified atom stereocenters. The molecule has 1 aliphatic rings. The number of allylic oxidation sites excluding steroid dienone is 1. The zero-order valence-corrected chi connectivity index (χ0v) is 17.3. The number of nitrogens with two attached hydrogens (primary N) is 1. The van der Waals surface area contributed by atoms with Crippen LogP contribution in [-0.4, -0.2) is 53.0 Å². The van der Waals surface area contributed by atoms with Crippen molar-refractivity contribution in [3.63, 3.8) is 0 Å². The summed E-state index contributed by atoms with van der Waals surface area (Å²) in [5.74, 6) is -0.586. The molecule has 0 saturated carbocycles. The van der Waals surface area contributed by atoms with E-state index < -0.39 is 11.6 Å². The predicted molar refractivity (Wildman–Crippen MR) is 119 cm³/mol. The first kappa shape index (κ1) is 22.2. The third-order valence-electron chi connectivity index (χ3n) is 5.26. The van der Waals surface area contributed by atoms with Gasteiger partial charge in [0.05, 0.1) is 5.69 Å². The monoisotopic (exact) mass is 425 g/mol. The smallest absolute Gasteiger partial charge is 0.156 e. The van der Waals surface area contributed by atoms with Crippen molar-refractivity contribution in [1.82, 2.24) is 14.9 Å². The minimum absolute atomic E-state index is 0.00133. The summed E-state index contributed by atoms with van der Waals surface area (Å²) in [5.41, 5.74) is 7.77. The van der Waals surface area contributed by atoms with Crippen LogP contribution in [0.3, 0.4) is 0 Å². The van der Waals surface area contributed by atoms with Gasteiger partial charge in [-0.2, -0.15) is 0 Å². The molecule has 2 aromatic rings. The van der Waals surface area contributed by atoms with Crippen molar-refractivity contribution in [3.8, 4) is 0 Å². The highest BCUT2D eigenvalue weighted by Gasteiger charge is 2.29. The molecule has 162 valence electrons. The molecule has 1 atom stereocenters. The Balaban J connectivity index is 1.89. The summed E-state index contributed by atoms with van der Waals surface area (Å²) in [6, 6.07) is 3.63. The molecule has 4 N–H and O–H groups in total. The van der Waals surface area contributed by atoms with E-state index in [1.807, 2.05) is 6.92 Å². The van der Waals surface area contributed by atoms with Gasteiger partial charge in [0.1, 0.15) is 23.0 Å². The summed E-state index contributed by atoms with van der Waals surface area (Å²) in [6.45, 7) is 7.99. The van der Waals surface area contributed by atoms with Gasteiger partial charge in [-0.1, -0.05) is 12.6 Å². The van der Waals surface area contributed by atoms with Gasteiger partial charge < -0.3 is 21.5 Å². The molecule has 3 rings (SSSR count). The van der Waals surface area contributed by atoms with Gasteiger partial charge in [0.25, 0.3) is 0 Å². The lowest BCUT2D eigenvalue weighted by Crippen LogP contribution is -2.52. The standard InChI is InChI=1S/C22H25F2N7/c1-3-19-20(11-27)28-21(16(9-25)10-26)22(29-19)31-7-6-30(12-14(31)2)13-15-4-5-17(23)8-18(15)24/h3-5,8-11,14,25,27H,1,6-7,12-13,26H2,2H3/b16-10+,25-9?,27-11?. The summed E-state index contributed by atoms with van der Waals surface area (Å²) < 4.78 is 27.2. The van der Waals surface area contributed by atoms with Crippen LogP contribution in [0.25, 0.3) is 11.6 Å². The van der Waals surface area contributed by atoms with Crippen molar-refractivity contribution in [2.24, 2.45) is 5.73 Å². The normalized spacial score (nSPS) is 17.5. The lowest BCUT2D eigenvalue weighted by Gasteiger charge is -2.41. The molecule has 0 amide bonds. The number of nitrogens with one attached hydrogen (secondary N) is 2. The average molecular weight is 425 g/mol. The predicted octanol–water partition coefficient (Wildman–Crippen LogP) is 3.06. The van der Waals surface area contributed by atoms with E-state index in [9.17, 15) is 8.78 Å². The quantitative estimate of drug-likeness (QED) is 0.591. The van der Waals surface area contributed by atoms with Gasteiger partial charge in [0.15, 0.2) is 5.82 Å². The van der Waals surface area contributed by atoms with Crippen LogP contribution in [0.5, 0.6) is 0 Å². The second-order valence-corrected chi connectivity index (χ2v) is 7.29. The first-order valence-electron chi connectivity index (χ1n) is 9.82. The van der Waals surface area contributed by atoms with Crippen molar-refractivity contribution in [3.05, 3.63) is 65.3 Å². The summed E-state index contributed by atoms with van der Waals surface area (Å²) in [4.78, 5) is 13.3. The Kier molecular flexibility index (Phi) is 6.86. The number of rotatable bonds is 7. The van der Waals surface area contributed by atoms with E-state index in [0.717, 1.165) is 18.5 Å². The van der Waals surface area contributed by atoms with Crippen LogP contribution in [0.4, 0.5) is 14.6 Å². The topological polar surface area (TPSA) is 106 Å². The number of hydrogen-bond acceptors (Lipinski definition) is 7. The fourth-order valence-corrected chi connectivity index (χ4v) is 3.68. The Hall–Kier alpha value is -3.46. The third kappa shape index (κ3) is 4.66. The fraction of sp³-hybridized carbons (Fsp3) is 0.273. The molecular formula is C22H25F2N7. The molecule has 0 aliphatic carbocycles. The number of anilines is 1. The van der Waals surface area contributed by atoms with Gasteiger partial charge in [0.2, 0.25) is 0 Å². The lowest BCUT2D eigenvalue weighted by atomic mass is 10.1. The van der Waals surface area contributed by atoms with Crippen molar-refractivity contribution in [2.75, 3.05) is 24.5 Å². The highest BCUT2D eigenvalue weighted by Crippen LogP contribution is 2.28. The van der Waals surface area contributed by atoms with Gasteiger partial charge in [-0.15, -0.1) is 0 Å². The molecule has 31 heavy (non-hydrogen) atoms. The van der Waals surface area contributed by atoms with Crippen LogP contribution in [-0.2, 0) is 6.54 Å². The number of hydrogen-bond donors (Lipinski definition) is 3. The Bertz CT molecular complexity index is 1030. The van der Waals surface area contributed by atoms with Crippen LogP contribution >= 0.6 is 0 Å². The molecule has 1 aromatic heterocycles. The van der Waals surface area contributed by atoms with Gasteiger partial charge in [0, 0.05) is 68.1 Å².